The van der Waals surface area contributed by atoms with E-state index in [-0.39, 0.29) is 11.2 Å². The van der Waals surface area contributed by atoms with Gasteiger partial charge in [0.15, 0.2) is 0 Å². The minimum Gasteiger partial charge on any atom is -0.326 e. The number of imidazole rings is 1. The average Bonchev–Trinajstić information content (AvgIpc) is 3.05. The normalized spacial score (nSPS) is 13.0. The molecule has 21 heavy (non-hydrogen) atoms. The fraction of sp³-hybridized carbons (Fsp3) is 0.267. The maximum atomic E-state index is 13.7. The van der Waals surface area contributed by atoms with Gasteiger partial charge in [0.2, 0.25) is 0 Å². The van der Waals surface area contributed by atoms with Crippen LogP contribution in [0.4, 0.5) is 4.39 Å². The van der Waals surface area contributed by atoms with Crippen LogP contribution in [0.15, 0.2) is 34.1 Å². The second kappa shape index (κ2) is 6.07. The van der Waals surface area contributed by atoms with Gasteiger partial charge in [-0.1, -0.05) is 6.07 Å². The Bertz CT molecular complexity index is 768. The van der Waals surface area contributed by atoms with Crippen LogP contribution >= 0.6 is 38.9 Å². The first kappa shape index (κ1) is 15.0. The van der Waals surface area contributed by atoms with Crippen molar-refractivity contribution < 1.29 is 4.39 Å². The summed E-state index contributed by atoms with van der Waals surface area (Å²) >= 11 is 11.2. The molecule has 6 heteroatoms. The van der Waals surface area contributed by atoms with Crippen molar-refractivity contribution in [3.05, 3.63) is 50.6 Å². The van der Waals surface area contributed by atoms with Gasteiger partial charge in [0.1, 0.15) is 11.6 Å². The molecule has 110 valence electrons. The van der Waals surface area contributed by atoms with Crippen molar-refractivity contribution in [3.8, 4) is 0 Å². The van der Waals surface area contributed by atoms with E-state index in [1.807, 2.05) is 13.0 Å². The molecule has 1 aromatic carbocycles. The number of hydrogen-bond acceptors (Lipinski definition) is 2. The second-order valence-corrected chi connectivity index (χ2v) is 7.36. The third kappa shape index (κ3) is 3.00. The lowest BCUT2D eigenvalue weighted by Crippen LogP contribution is -2.06. The van der Waals surface area contributed by atoms with Gasteiger partial charge in [0, 0.05) is 17.5 Å². The predicted octanol–water partition coefficient (Wildman–Crippen LogP) is 5.54. The van der Waals surface area contributed by atoms with Gasteiger partial charge in [-0.05, 0) is 46.8 Å². The number of benzene rings is 1. The molecule has 0 aliphatic heterocycles. The molecule has 3 rings (SSSR count). The molecule has 2 nitrogen and oxygen atoms in total. The largest absolute Gasteiger partial charge is 0.326 e. The number of hydrogen-bond donors (Lipinski definition) is 0. The van der Waals surface area contributed by atoms with Gasteiger partial charge in [0.25, 0.3) is 0 Å². The van der Waals surface area contributed by atoms with Crippen LogP contribution in [0.3, 0.4) is 0 Å². The zero-order chi connectivity index (χ0) is 15.0. The summed E-state index contributed by atoms with van der Waals surface area (Å²) in [5, 5.41) is 1.85. The van der Waals surface area contributed by atoms with Crippen LogP contribution in [0.5, 0.6) is 0 Å². The first-order valence-electron chi connectivity index (χ1n) is 6.58. The number of rotatable bonds is 4. The van der Waals surface area contributed by atoms with E-state index in [1.165, 1.54) is 10.9 Å². The predicted molar refractivity (Wildman–Crippen MR) is 89.7 cm³/mol. The summed E-state index contributed by atoms with van der Waals surface area (Å²) in [5.41, 5.74) is 1.55. The van der Waals surface area contributed by atoms with E-state index in [4.69, 9.17) is 11.6 Å². The standard InChI is InChI=1S/C15H13BrClFN2S/c1-9(17)15-19-13-8-12(18)11(16)7-14(13)20(15)5-4-10-3-2-6-21-10/h2-3,6-9H,4-5H2,1H3. The Morgan fingerprint density at radius 3 is 2.95 bits per heavy atom. The molecule has 2 heterocycles. The molecule has 0 spiro atoms. The molecular formula is C15H13BrClFN2S. The zero-order valence-electron chi connectivity index (χ0n) is 11.3. The Hall–Kier alpha value is -0.910. The molecule has 2 aromatic heterocycles. The molecule has 0 aliphatic rings. The second-order valence-electron chi connectivity index (χ2n) is 4.82. The lowest BCUT2D eigenvalue weighted by Gasteiger charge is -2.10. The highest BCUT2D eigenvalue weighted by atomic mass is 79.9. The molecule has 0 radical (unpaired) electrons. The van der Waals surface area contributed by atoms with Crippen LogP contribution in [0, 0.1) is 5.82 Å². The SMILES string of the molecule is CC(Cl)c1nc2cc(F)c(Br)cc2n1CCc1cccs1. The summed E-state index contributed by atoms with van der Waals surface area (Å²) < 4.78 is 16.2. The summed E-state index contributed by atoms with van der Waals surface area (Å²) in [6, 6.07) is 7.38. The van der Waals surface area contributed by atoms with Crippen molar-refractivity contribution >= 4 is 49.9 Å². The average molecular weight is 388 g/mol. The maximum Gasteiger partial charge on any atom is 0.139 e. The van der Waals surface area contributed by atoms with Crippen LogP contribution < -0.4 is 0 Å². The molecule has 1 unspecified atom stereocenters. The van der Waals surface area contributed by atoms with E-state index in [0.29, 0.717) is 9.99 Å². The summed E-state index contributed by atoms with van der Waals surface area (Å²) in [4.78, 5) is 5.80. The smallest absolute Gasteiger partial charge is 0.139 e. The Morgan fingerprint density at radius 2 is 2.29 bits per heavy atom. The van der Waals surface area contributed by atoms with Gasteiger partial charge in [-0.2, -0.15) is 0 Å². The Labute approximate surface area is 139 Å². The fourth-order valence-electron chi connectivity index (χ4n) is 2.35. The Balaban J connectivity index is 2.04. The lowest BCUT2D eigenvalue weighted by atomic mass is 10.3. The molecule has 0 N–H and O–H groups in total. The van der Waals surface area contributed by atoms with Crippen LogP contribution in [-0.4, -0.2) is 9.55 Å². The van der Waals surface area contributed by atoms with Gasteiger partial charge in [-0.15, -0.1) is 22.9 Å². The van der Waals surface area contributed by atoms with Crippen molar-refractivity contribution in [2.24, 2.45) is 0 Å². The first-order valence-corrected chi connectivity index (χ1v) is 8.69. The quantitative estimate of drug-likeness (QED) is 0.537. The number of alkyl halides is 1. The van der Waals surface area contributed by atoms with E-state index in [0.717, 1.165) is 24.3 Å². The highest BCUT2D eigenvalue weighted by Gasteiger charge is 2.16. The molecule has 0 saturated heterocycles. The van der Waals surface area contributed by atoms with E-state index in [2.05, 4.69) is 36.9 Å². The third-order valence-electron chi connectivity index (χ3n) is 3.34. The summed E-state index contributed by atoms with van der Waals surface area (Å²) in [6.07, 6.45) is 0.911. The zero-order valence-corrected chi connectivity index (χ0v) is 14.5. The molecule has 0 aliphatic carbocycles. The lowest BCUT2D eigenvalue weighted by molar-refractivity contribution is 0.622. The van der Waals surface area contributed by atoms with Gasteiger partial charge in [-0.25, -0.2) is 9.37 Å². The minimum absolute atomic E-state index is 0.220. The van der Waals surface area contributed by atoms with Gasteiger partial charge < -0.3 is 4.57 Å². The van der Waals surface area contributed by atoms with Gasteiger partial charge >= 0.3 is 0 Å². The molecule has 0 amide bonds. The fourth-order valence-corrected chi connectivity index (χ4v) is 3.55. The summed E-state index contributed by atoms with van der Waals surface area (Å²) in [5.74, 6) is 0.472. The van der Waals surface area contributed by atoms with Crippen molar-refractivity contribution in [1.29, 1.82) is 0 Å². The molecule has 0 fully saturated rings. The maximum absolute atomic E-state index is 13.7. The highest BCUT2D eigenvalue weighted by Crippen LogP contribution is 2.29. The van der Waals surface area contributed by atoms with Crippen molar-refractivity contribution in [2.45, 2.75) is 25.3 Å². The monoisotopic (exact) mass is 386 g/mol. The number of thiophene rings is 1. The Morgan fingerprint density at radius 1 is 1.48 bits per heavy atom. The van der Waals surface area contributed by atoms with Crippen molar-refractivity contribution in [2.75, 3.05) is 0 Å². The van der Waals surface area contributed by atoms with Crippen LogP contribution in [-0.2, 0) is 13.0 Å². The first-order chi connectivity index (χ1) is 10.1. The number of aryl methyl sites for hydroxylation is 2. The molecule has 0 bridgehead atoms. The van der Waals surface area contributed by atoms with E-state index in [9.17, 15) is 4.39 Å². The third-order valence-corrected chi connectivity index (χ3v) is 5.08. The van der Waals surface area contributed by atoms with E-state index >= 15 is 0 Å². The minimum atomic E-state index is -0.306. The Kier molecular flexibility index (Phi) is 4.33. The topological polar surface area (TPSA) is 17.8 Å². The van der Waals surface area contributed by atoms with Crippen LogP contribution in [0.1, 0.15) is 23.0 Å². The summed E-state index contributed by atoms with van der Waals surface area (Å²) in [6.45, 7) is 2.66. The number of nitrogens with zero attached hydrogens (tertiary/aromatic N) is 2. The van der Waals surface area contributed by atoms with E-state index in [1.54, 1.807) is 17.4 Å². The van der Waals surface area contributed by atoms with Crippen molar-refractivity contribution in [3.63, 3.8) is 0 Å². The number of aromatic nitrogens is 2. The van der Waals surface area contributed by atoms with Crippen molar-refractivity contribution in [1.82, 2.24) is 9.55 Å². The highest BCUT2D eigenvalue weighted by molar-refractivity contribution is 9.10. The van der Waals surface area contributed by atoms with Crippen LogP contribution in [0.2, 0.25) is 0 Å². The van der Waals surface area contributed by atoms with E-state index < -0.39 is 0 Å². The molecule has 0 saturated carbocycles. The molecule has 1 atom stereocenters. The van der Waals surface area contributed by atoms with Gasteiger partial charge in [-0.3, -0.25) is 0 Å². The van der Waals surface area contributed by atoms with Gasteiger partial charge in [0.05, 0.1) is 20.9 Å². The number of fused-ring (bicyclic) bond motifs is 1. The number of halogens is 3. The van der Waals surface area contributed by atoms with Crippen LogP contribution in [0.25, 0.3) is 11.0 Å². The molecular weight excluding hydrogens is 375 g/mol. The summed E-state index contributed by atoms with van der Waals surface area (Å²) in [7, 11) is 0. The molecule has 3 aromatic rings.